The van der Waals surface area contributed by atoms with E-state index >= 15 is 0 Å². The number of ether oxygens (including phenoxy) is 1. The zero-order valence-corrected chi connectivity index (χ0v) is 15.6. The van der Waals surface area contributed by atoms with Crippen LogP contribution in [0, 0.1) is 5.92 Å². The van der Waals surface area contributed by atoms with Crippen molar-refractivity contribution in [1.29, 1.82) is 0 Å². The number of nitrogens with zero attached hydrogens (tertiary/aromatic N) is 1. The zero-order valence-electron chi connectivity index (χ0n) is 15.6. The first kappa shape index (κ1) is 20.1. The second kappa shape index (κ2) is 9.47. The summed E-state index contributed by atoms with van der Waals surface area (Å²) in [4.78, 5) is 40.7. The predicted molar refractivity (Wildman–Crippen MR) is 102 cm³/mol. The number of benzene rings is 1. The van der Waals surface area contributed by atoms with Crippen molar-refractivity contribution in [2.45, 2.75) is 20.8 Å². The molecular weight excluding hydrogens is 346 g/mol. The van der Waals surface area contributed by atoms with Gasteiger partial charge in [0.2, 0.25) is 0 Å². The molecule has 0 saturated carbocycles. The molecule has 2 rings (SSSR count). The molecule has 142 valence electrons. The minimum Gasteiger partial charge on any atom is -0.462 e. The lowest BCUT2D eigenvalue weighted by Crippen LogP contribution is -2.27. The van der Waals surface area contributed by atoms with Crippen LogP contribution in [-0.2, 0) is 4.74 Å². The predicted octanol–water partition coefficient (Wildman–Crippen LogP) is 2.90. The van der Waals surface area contributed by atoms with Crippen LogP contribution in [0.3, 0.4) is 0 Å². The van der Waals surface area contributed by atoms with Gasteiger partial charge in [0.15, 0.2) is 0 Å². The number of amides is 2. The fraction of sp³-hybridized carbons (Fsp3) is 0.300. The number of carbonyl (C=O) groups is 3. The molecule has 1 heterocycles. The Morgan fingerprint density at radius 3 is 2.56 bits per heavy atom. The largest absolute Gasteiger partial charge is 0.462 e. The van der Waals surface area contributed by atoms with Crippen molar-refractivity contribution in [3.63, 3.8) is 0 Å². The van der Waals surface area contributed by atoms with Gasteiger partial charge in [-0.25, -0.2) is 4.79 Å². The Labute approximate surface area is 158 Å². The van der Waals surface area contributed by atoms with Gasteiger partial charge in [-0.1, -0.05) is 26.0 Å². The Kier molecular flexibility index (Phi) is 7.05. The van der Waals surface area contributed by atoms with Crippen molar-refractivity contribution >= 4 is 23.5 Å². The van der Waals surface area contributed by atoms with E-state index in [9.17, 15) is 14.4 Å². The van der Waals surface area contributed by atoms with Gasteiger partial charge in [-0.2, -0.15) is 0 Å². The van der Waals surface area contributed by atoms with Crippen molar-refractivity contribution in [2.24, 2.45) is 5.92 Å². The summed E-state index contributed by atoms with van der Waals surface area (Å²) in [6.45, 7) is 6.46. The third kappa shape index (κ3) is 5.64. The molecular formula is C20H23N3O4. The summed E-state index contributed by atoms with van der Waals surface area (Å²) in [5.74, 6) is -1.00. The van der Waals surface area contributed by atoms with Crippen LogP contribution in [0.5, 0.6) is 0 Å². The molecule has 1 aromatic heterocycles. The van der Waals surface area contributed by atoms with Crippen LogP contribution in [0.4, 0.5) is 5.69 Å². The first-order valence-electron chi connectivity index (χ1n) is 8.74. The zero-order chi connectivity index (χ0) is 19.8. The molecule has 2 amide bonds. The molecule has 0 spiro atoms. The lowest BCUT2D eigenvalue weighted by Gasteiger charge is -2.11. The van der Waals surface area contributed by atoms with Crippen molar-refractivity contribution in [3.05, 3.63) is 59.4 Å². The molecule has 0 radical (unpaired) electrons. The number of para-hydroxylation sites is 1. The van der Waals surface area contributed by atoms with E-state index in [1.54, 1.807) is 37.3 Å². The first-order chi connectivity index (χ1) is 12.9. The number of carbonyl (C=O) groups excluding carboxylic acids is 3. The van der Waals surface area contributed by atoms with Gasteiger partial charge >= 0.3 is 5.97 Å². The molecule has 0 fully saturated rings. The second-order valence-corrected chi connectivity index (χ2v) is 6.25. The van der Waals surface area contributed by atoms with Crippen molar-refractivity contribution in [2.75, 3.05) is 18.5 Å². The third-order valence-electron chi connectivity index (χ3n) is 3.60. The van der Waals surface area contributed by atoms with Crippen molar-refractivity contribution in [3.8, 4) is 0 Å². The molecule has 7 heteroatoms. The van der Waals surface area contributed by atoms with Crippen LogP contribution in [0.1, 0.15) is 52.0 Å². The molecule has 7 nitrogen and oxygen atoms in total. The van der Waals surface area contributed by atoms with Gasteiger partial charge in [-0.15, -0.1) is 0 Å². The average Bonchev–Trinajstić information content (AvgIpc) is 2.66. The molecule has 2 N–H and O–H groups in total. The fourth-order valence-electron chi connectivity index (χ4n) is 2.26. The summed E-state index contributed by atoms with van der Waals surface area (Å²) in [7, 11) is 0. The maximum absolute atomic E-state index is 12.5. The maximum Gasteiger partial charge on any atom is 0.340 e. The van der Waals surface area contributed by atoms with E-state index in [1.807, 2.05) is 13.8 Å². The highest BCUT2D eigenvalue weighted by Gasteiger charge is 2.16. The molecule has 0 aliphatic heterocycles. The van der Waals surface area contributed by atoms with Crippen LogP contribution in [0.15, 0.2) is 42.6 Å². The third-order valence-corrected chi connectivity index (χ3v) is 3.60. The summed E-state index contributed by atoms with van der Waals surface area (Å²) < 4.78 is 4.99. The Bertz CT molecular complexity index is 833. The topological polar surface area (TPSA) is 97.4 Å². The minimum absolute atomic E-state index is 0.0749. The molecule has 0 atom stereocenters. The average molecular weight is 369 g/mol. The van der Waals surface area contributed by atoms with Gasteiger partial charge in [-0.3, -0.25) is 14.6 Å². The standard InChI is InChI=1S/C20H23N3O4/c1-4-27-20(26)15-7-5-6-8-16(15)23-19(25)17-11-14(9-10-21-17)18(24)22-12-13(2)3/h5-11,13H,4,12H2,1-3H3,(H,22,24)(H,23,25). The summed E-state index contributed by atoms with van der Waals surface area (Å²) in [5.41, 5.74) is 0.983. The Balaban J connectivity index is 2.17. The number of esters is 1. The molecule has 0 aliphatic carbocycles. The SMILES string of the molecule is CCOC(=O)c1ccccc1NC(=O)c1cc(C(=O)NCC(C)C)ccn1. The lowest BCUT2D eigenvalue weighted by molar-refractivity contribution is 0.0527. The van der Waals surface area contributed by atoms with E-state index in [0.29, 0.717) is 23.7 Å². The maximum atomic E-state index is 12.5. The summed E-state index contributed by atoms with van der Waals surface area (Å²) in [6, 6.07) is 9.50. The molecule has 0 aliphatic rings. The van der Waals surface area contributed by atoms with Crippen LogP contribution < -0.4 is 10.6 Å². The molecule has 0 bridgehead atoms. The summed E-state index contributed by atoms with van der Waals surface area (Å²) >= 11 is 0. The highest BCUT2D eigenvalue weighted by molar-refractivity contribution is 6.08. The number of nitrogens with one attached hydrogen (secondary N) is 2. The van der Waals surface area contributed by atoms with Crippen molar-refractivity contribution < 1.29 is 19.1 Å². The molecule has 0 saturated heterocycles. The molecule has 2 aromatic rings. The normalized spacial score (nSPS) is 10.4. The van der Waals surface area contributed by atoms with E-state index in [4.69, 9.17) is 4.74 Å². The molecule has 0 unspecified atom stereocenters. The monoisotopic (exact) mass is 369 g/mol. The van der Waals surface area contributed by atoms with Gasteiger partial charge in [0, 0.05) is 18.3 Å². The number of hydrogen-bond donors (Lipinski definition) is 2. The highest BCUT2D eigenvalue weighted by Crippen LogP contribution is 2.17. The van der Waals surface area contributed by atoms with E-state index in [2.05, 4.69) is 15.6 Å². The van der Waals surface area contributed by atoms with Gasteiger partial charge in [0.05, 0.1) is 17.9 Å². The van der Waals surface area contributed by atoms with Crippen LogP contribution in [-0.4, -0.2) is 35.9 Å². The lowest BCUT2D eigenvalue weighted by atomic mass is 10.1. The Hall–Kier alpha value is -3.22. The number of hydrogen-bond acceptors (Lipinski definition) is 5. The quantitative estimate of drug-likeness (QED) is 0.732. The number of anilines is 1. The van der Waals surface area contributed by atoms with Gasteiger partial charge in [0.1, 0.15) is 5.69 Å². The number of rotatable bonds is 7. The van der Waals surface area contributed by atoms with E-state index in [1.165, 1.54) is 12.3 Å². The summed E-state index contributed by atoms with van der Waals surface area (Å²) in [6.07, 6.45) is 1.40. The molecule has 1 aromatic carbocycles. The Morgan fingerprint density at radius 2 is 1.85 bits per heavy atom. The van der Waals surface area contributed by atoms with Crippen LogP contribution in [0.2, 0.25) is 0 Å². The Morgan fingerprint density at radius 1 is 1.11 bits per heavy atom. The van der Waals surface area contributed by atoms with E-state index in [0.717, 1.165) is 0 Å². The van der Waals surface area contributed by atoms with Crippen molar-refractivity contribution in [1.82, 2.24) is 10.3 Å². The van der Waals surface area contributed by atoms with Gasteiger partial charge in [0.25, 0.3) is 11.8 Å². The fourth-order valence-corrected chi connectivity index (χ4v) is 2.26. The highest BCUT2D eigenvalue weighted by atomic mass is 16.5. The van der Waals surface area contributed by atoms with Gasteiger partial charge < -0.3 is 15.4 Å². The van der Waals surface area contributed by atoms with Gasteiger partial charge in [-0.05, 0) is 37.1 Å². The van der Waals surface area contributed by atoms with E-state index in [-0.39, 0.29) is 23.8 Å². The van der Waals surface area contributed by atoms with Crippen LogP contribution >= 0.6 is 0 Å². The minimum atomic E-state index is -0.525. The first-order valence-corrected chi connectivity index (χ1v) is 8.74. The number of pyridine rings is 1. The summed E-state index contributed by atoms with van der Waals surface area (Å²) in [5, 5.41) is 5.44. The van der Waals surface area contributed by atoms with E-state index < -0.39 is 11.9 Å². The second-order valence-electron chi connectivity index (χ2n) is 6.25. The smallest absolute Gasteiger partial charge is 0.340 e. The number of aromatic nitrogens is 1. The molecule has 27 heavy (non-hydrogen) atoms. The van der Waals surface area contributed by atoms with Crippen LogP contribution in [0.25, 0.3) is 0 Å².